The zero-order valence-corrected chi connectivity index (χ0v) is 14.0. The van der Waals surface area contributed by atoms with Crippen molar-refractivity contribution in [3.8, 4) is 0 Å². The van der Waals surface area contributed by atoms with Gasteiger partial charge in [0, 0.05) is 12.6 Å². The first-order valence-electron chi connectivity index (χ1n) is 7.36. The number of sulfonamides is 1. The molecule has 1 saturated heterocycles. The Labute approximate surface area is 144 Å². The number of anilines is 1. The van der Waals surface area contributed by atoms with Gasteiger partial charge in [0.2, 0.25) is 15.9 Å². The minimum atomic E-state index is -4.15. The van der Waals surface area contributed by atoms with E-state index >= 15 is 0 Å². The monoisotopic (exact) mass is 376 g/mol. The number of carbonyl (C=O) groups excluding carboxylic acids is 1. The third-order valence-electron chi connectivity index (χ3n) is 3.68. The number of hydrogen-bond donors (Lipinski definition) is 6. The van der Waals surface area contributed by atoms with Crippen LogP contribution in [0.25, 0.3) is 0 Å². The largest absolute Gasteiger partial charge is 0.394 e. The first-order chi connectivity index (χ1) is 11.7. The topological polar surface area (TPSA) is 165 Å². The van der Waals surface area contributed by atoms with E-state index in [2.05, 4.69) is 10.0 Å². The van der Waals surface area contributed by atoms with Crippen LogP contribution in [0.2, 0.25) is 0 Å². The van der Waals surface area contributed by atoms with Crippen LogP contribution in [0, 0.1) is 0 Å². The maximum Gasteiger partial charge on any atom is 0.241 e. The molecule has 1 aromatic carbocycles. The van der Waals surface area contributed by atoms with Gasteiger partial charge in [-0.1, -0.05) is 0 Å². The molecule has 0 radical (unpaired) electrons. The average molecular weight is 376 g/mol. The van der Waals surface area contributed by atoms with Crippen molar-refractivity contribution in [1.82, 2.24) is 4.72 Å². The van der Waals surface area contributed by atoms with E-state index < -0.39 is 47.3 Å². The van der Waals surface area contributed by atoms with Crippen molar-refractivity contribution in [2.45, 2.75) is 42.5 Å². The Kier molecular flexibility index (Phi) is 6.11. The van der Waals surface area contributed by atoms with Crippen LogP contribution >= 0.6 is 0 Å². The highest BCUT2D eigenvalue weighted by Gasteiger charge is 2.45. The molecule has 0 bridgehead atoms. The highest BCUT2D eigenvalue weighted by molar-refractivity contribution is 7.89. The van der Waals surface area contributed by atoms with Crippen LogP contribution in [0.15, 0.2) is 29.2 Å². The average Bonchev–Trinajstić information content (AvgIpc) is 2.55. The highest BCUT2D eigenvalue weighted by Crippen LogP contribution is 2.22. The van der Waals surface area contributed by atoms with Gasteiger partial charge in [-0.15, -0.1) is 0 Å². The number of nitrogens with one attached hydrogen (secondary N) is 2. The summed E-state index contributed by atoms with van der Waals surface area (Å²) in [5, 5.41) is 41.1. The van der Waals surface area contributed by atoms with Crippen molar-refractivity contribution in [1.29, 1.82) is 0 Å². The van der Waals surface area contributed by atoms with Crippen molar-refractivity contribution in [2.24, 2.45) is 0 Å². The third kappa shape index (κ3) is 4.52. The molecule has 11 heteroatoms. The smallest absolute Gasteiger partial charge is 0.241 e. The number of aliphatic hydroxyl groups excluding tert-OH is 4. The summed E-state index contributed by atoms with van der Waals surface area (Å²) in [6.45, 7) is 0.655. The second-order valence-corrected chi connectivity index (χ2v) is 7.30. The second kappa shape index (κ2) is 7.74. The standard InChI is InChI=1S/C14H20N2O8S/c1-7(18)15-8-2-4-9(5-3-8)25(22,23)16-11-13(20)12(19)10(6-17)24-14(11)21/h2-5,10-14,16-17,19-21H,6H2,1H3,(H,15,18)/t10-,11+,12+,13+,14-/m0/s1. The molecule has 1 amide bonds. The quantitative estimate of drug-likeness (QED) is 0.334. The van der Waals surface area contributed by atoms with E-state index in [4.69, 9.17) is 9.84 Å². The molecule has 10 nitrogen and oxygen atoms in total. The summed E-state index contributed by atoms with van der Waals surface area (Å²) in [7, 11) is -4.15. The van der Waals surface area contributed by atoms with E-state index in [1.807, 2.05) is 0 Å². The Bertz CT molecular complexity index is 708. The zero-order chi connectivity index (χ0) is 18.8. The van der Waals surface area contributed by atoms with Crippen molar-refractivity contribution < 1.29 is 38.4 Å². The molecule has 1 aliphatic heterocycles. The molecule has 0 spiro atoms. The minimum Gasteiger partial charge on any atom is -0.394 e. The number of aliphatic hydroxyl groups is 4. The Morgan fingerprint density at radius 3 is 2.28 bits per heavy atom. The van der Waals surface area contributed by atoms with Gasteiger partial charge < -0.3 is 30.5 Å². The molecule has 5 atom stereocenters. The predicted molar refractivity (Wildman–Crippen MR) is 84.8 cm³/mol. The van der Waals surface area contributed by atoms with Gasteiger partial charge in [0.05, 0.1) is 11.5 Å². The summed E-state index contributed by atoms with van der Waals surface area (Å²) < 4.78 is 31.7. The maximum absolute atomic E-state index is 12.4. The molecule has 25 heavy (non-hydrogen) atoms. The van der Waals surface area contributed by atoms with Gasteiger partial charge in [-0.25, -0.2) is 13.1 Å². The number of rotatable bonds is 5. The summed E-state index contributed by atoms with van der Waals surface area (Å²) in [5.41, 5.74) is 0.397. The SMILES string of the molecule is CC(=O)Nc1ccc(S(=O)(=O)N[C@@H]2[C@@H](O)[C@H](O)[C@H](CO)O[C@@H]2O)cc1. The van der Waals surface area contributed by atoms with Gasteiger partial charge in [-0.3, -0.25) is 4.79 Å². The van der Waals surface area contributed by atoms with Crippen LogP contribution < -0.4 is 10.0 Å². The third-order valence-corrected chi connectivity index (χ3v) is 5.15. The molecule has 0 aromatic heterocycles. The van der Waals surface area contributed by atoms with Crippen LogP contribution in [-0.2, 0) is 19.6 Å². The Hall–Kier alpha value is -1.60. The van der Waals surface area contributed by atoms with E-state index in [-0.39, 0.29) is 10.8 Å². The van der Waals surface area contributed by atoms with Crippen molar-refractivity contribution in [2.75, 3.05) is 11.9 Å². The number of ether oxygens (including phenoxy) is 1. The lowest BCUT2D eigenvalue weighted by atomic mass is 9.98. The van der Waals surface area contributed by atoms with Gasteiger partial charge >= 0.3 is 0 Å². The first-order valence-corrected chi connectivity index (χ1v) is 8.84. The van der Waals surface area contributed by atoms with Gasteiger partial charge in [-0.05, 0) is 24.3 Å². The first kappa shape index (κ1) is 19.7. The van der Waals surface area contributed by atoms with E-state index in [1.54, 1.807) is 0 Å². The summed E-state index contributed by atoms with van der Waals surface area (Å²) in [4.78, 5) is 10.8. The molecule has 6 N–H and O–H groups in total. The summed E-state index contributed by atoms with van der Waals surface area (Å²) in [6.07, 6.45) is -6.26. The number of carbonyl (C=O) groups is 1. The molecule has 1 heterocycles. The normalized spacial score (nSPS) is 30.0. The van der Waals surface area contributed by atoms with Gasteiger partial charge in [-0.2, -0.15) is 0 Å². The molecule has 0 unspecified atom stereocenters. The van der Waals surface area contributed by atoms with E-state index in [1.165, 1.54) is 31.2 Å². The maximum atomic E-state index is 12.4. The zero-order valence-electron chi connectivity index (χ0n) is 13.2. The van der Waals surface area contributed by atoms with Crippen LogP contribution in [0.4, 0.5) is 5.69 Å². The van der Waals surface area contributed by atoms with Crippen molar-refractivity contribution in [3.63, 3.8) is 0 Å². The minimum absolute atomic E-state index is 0.181. The van der Waals surface area contributed by atoms with Crippen LogP contribution in [0.5, 0.6) is 0 Å². The molecule has 1 aliphatic rings. The van der Waals surface area contributed by atoms with Crippen LogP contribution in [0.3, 0.4) is 0 Å². The van der Waals surface area contributed by atoms with Gasteiger partial charge in [0.1, 0.15) is 24.4 Å². The molecule has 140 valence electrons. The fourth-order valence-corrected chi connectivity index (χ4v) is 3.64. The van der Waals surface area contributed by atoms with Gasteiger partial charge in [0.15, 0.2) is 6.29 Å². The lowest BCUT2D eigenvalue weighted by Crippen LogP contribution is -2.64. The molecule has 0 saturated carbocycles. The number of hydrogen-bond acceptors (Lipinski definition) is 8. The van der Waals surface area contributed by atoms with Crippen LogP contribution in [0.1, 0.15) is 6.92 Å². The van der Waals surface area contributed by atoms with E-state index in [0.29, 0.717) is 5.69 Å². The lowest BCUT2D eigenvalue weighted by Gasteiger charge is -2.40. The summed E-state index contributed by atoms with van der Waals surface area (Å²) in [6, 6.07) is 3.66. The number of amides is 1. The van der Waals surface area contributed by atoms with Crippen molar-refractivity contribution in [3.05, 3.63) is 24.3 Å². The molecule has 1 fully saturated rings. The Morgan fingerprint density at radius 2 is 1.76 bits per heavy atom. The van der Waals surface area contributed by atoms with Crippen LogP contribution in [-0.4, -0.2) is 72.0 Å². The molecular formula is C14H20N2O8S. The fraction of sp³-hybridized carbons (Fsp3) is 0.500. The Morgan fingerprint density at radius 1 is 1.16 bits per heavy atom. The molecule has 0 aliphatic carbocycles. The summed E-state index contributed by atoms with van der Waals surface area (Å²) >= 11 is 0. The fourth-order valence-electron chi connectivity index (χ4n) is 2.39. The van der Waals surface area contributed by atoms with Gasteiger partial charge in [0.25, 0.3) is 0 Å². The van der Waals surface area contributed by atoms with Crippen molar-refractivity contribution >= 4 is 21.6 Å². The lowest BCUT2D eigenvalue weighted by molar-refractivity contribution is -0.251. The Balaban J connectivity index is 2.16. The molecule has 2 rings (SSSR count). The highest BCUT2D eigenvalue weighted by atomic mass is 32.2. The molecular weight excluding hydrogens is 356 g/mol. The summed E-state index contributed by atoms with van der Waals surface area (Å²) in [5.74, 6) is -0.313. The van der Waals surface area contributed by atoms with E-state index in [0.717, 1.165) is 0 Å². The van der Waals surface area contributed by atoms with E-state index in [9.17, 15) is 28.5 Å². The number of benzene rings is 1. The second-order valence-electron chi connectivity index (χ2n) is 5.58. The molecule has 1 aromatic rings. The predicted octanol–water partition coefficient (Wildman–Crippen LogP) is -2.28.